The Morgan fingerprint density at radius 3 is 2.67 bits per heavy atom. The highest BCUT2D eigenvalue weighted by atomic mass is 35.5. The number of allylic oxidation sites excluding steroid dienone is 1. The molecule has 2 heterocycles. The molecule has 3 aromatic rings. The number of nitrogens with zero attached hydrogens (tertiary/aromatic N) is 2. The summed E-state index contributed by atoms with van der Waals surface area (Å²) in [7, 11) is 0. The van der Waals surface area contributed by atoms with E-state index in [1.165, 1.54) is 17.4 Å². The molecule has 0 bridgehead atoms. The van der Waals surface area contributed by atoms with Gasteiger partial charge in [-0.25, -0.2) is 9.79 Å². The molecule has 0 fully saturated rings. The number of benzene rings is 2. The van der Waals surface area contributed by atoms with E-state index in [1.54, 1.807) is 35.4 Å². The zero-order valence-electron chi connectivity index (χ0n) is 18.1. The van der Waals surface area contributed by atoms with Crippen molar-refractivity contribution in [1.82, 2.24) is 4.57 Å². The van der Waals surface area contributed by atoms with Gasteiger partial charge in [0.2, 0.25) is 0 Å². The smallest absolute Gasteiger partial charge is 0.338 e. The van der Waals surface area contributed by atoms with Crippen LogP contribution in [0.5, 0.6) is 0 Å². The van der Waals surface area contributed by atoms with Gasteiger partial charge in [-0.1, -0.05) is 65.9 Å². The number of aromatic nitrogens is 1. The van der Waals surface area contributed by atoms with Crippen molar-refractivity contribution >= 4 is 46.7 Å². The number of fused-ring (bicyclic) bond motifs is 1. The fraction of sp³-hybridized carbons (Fsp3) is 0.160. The first-order valence-corrected chi connectivity index (χ1v) is 12.6. The average Bonchev–Trinajstić information content (AvgIpc) is 3.12. The number of ether oxygens (including phenoxy) is 1. The van der Waals surface area contributed by atoms with E-state index in [4.69, 9.17) is 16.3 Å². The number of rotatable bonds is 6. The number of carbonyl (C=O) groups excluding carboxylic acids is 1. The number of hydrogen-bond donors (Lipinski definition) is 0. The number of carbonyl (C=O) groups is 1. The Morgan fingerprint density at radius 1 is 1.27 bits per heavy atom. The van der Waals surface area contributed by atoms with Gasteiger partial charge >= 0.3 is 5.97 Å². The minimum Gasteiger partial charge on any atom is -0.458 e. The van der Waals surface area contributed by atoms with Crippen molar-refractivity contribution in [1.29, 1.82) is 0 Å². The molecule has 1 aromatic heterocycles. The van der Waals surface area contributed by atoms with Crippen molar-refractivity contribution in [3.63, 3.8) is 0 Å². The van der Waals surface area contributed by atoms with Crippen molar-refractivity contribution in [2.75, 3.05) is 12.9 Å². The van der Waals surface area contributed by atoms with Crippen LogP contribution in [0.2, 0.25) is 5.02 Å². The summed E-state index contributed by atoms with van der Waals surface area (Å²) in [6.07, 6.45) is 5.26. The lowest BCUT2D eigenvalue weighted by molar-refractivity contribution is -0.138. The normalized spacial score (nSPS) is 15.7. The number of thioether (sulfide) groups is 1. The van der Waals surface area contributed by atoms with E-state index in [0.29, 0.717) is 25.6 Å². The van der Waals surface area contributed by atoms with Crippen LogP contribution in [0, 0.1) is 0 Å². The molecule has 0 spiro atoms. The molecule has 168 valence electrons. The summed E-state index contributed by atoms with van der Waals surface area (Å²) in [6.45, 7) is 5.44. The van der Waals surface area contributed by atoms with E-state index in [9.17, 15) is 9.59 Å². The molecule has 1 aliphatic heterocycles. The van der Waals surface area contributed by atoms with Gasteiger partial charge in [-0.15, -0.1) is 11.8 Å². The Kier molecular flexibility index (Phi) is 7.02. The minimum atomic E-state index is -0.650. The third-order valence-electron chi connectivity index (χ3n) is 5.20. The molecule has 8 heteroatoms. The Hall–Kier alpha value is -2.87. The lowest BCUT2D eigenvalue weighted by Gasteiger charge is -2.24. The predicted octanol–water partition coefficient (Wildman–Crippen LogP) is 4.34. The van der Waals surface area contributed by atoms with Crippen LogP contribution in [0.15, 0.2) is 87.1 Å². The summed E-state index contributed by atoms with van der Waals surface area (Å²) >= 11 is 9.20. The maximum absolute atomic E-state index is 13.6. The van der Waals surface area contributed by atoms with Crippen molar-refractivity contribution in [3.8, 4) is 0 Å². The Morgan fingerprint density at radius 2 is 2.00 bits per heavy atom. The number of thiazole rings is 1. The zero-order valence-corrected chi connectivity index (χ0v) is 20.5. The highest BCUT2D eigenvalue weighted by Crippen LogP contribution is 2.31. The van der Waals surface area contributed by atoms with E-state index >= 15 is 0 Å². The third-order valence-corrected chi connectivity index (χ3v) is 7.27. The number of hydrogen-bond acceptors (Lipinski definition) is 6. The van der Waals surface area contributed by atoms with Gasteiger partial charge in [0.25, 0.3) is 5.56 Å². The van der Waals surface area contributed by atoms with Crippen LogP contribution in [-0.2, 0) is 9.53 Å². The van der Waals surface area contributed by atoms with Crippen LogP contribution < -0.4 is 14.9 Å². The Balaban J connectivity index is 1.94. The van der Waals surface area contributed by atoms with Gasteiger partial charge in [0.1, 0.15) is 6.61 Å². The minimum absolute atomic E-state index is 0.0741. The molecule has 0 saturated heterocycles. The summed E-state index contributed by atoms with van der Waals surface area (Å²) in [5.41, 5.74) is 2.17. The molecule has 2 aromatic carbocycles. The van der Waals surface area contributed by atoms with Gasteiger partial charge in [-0.05, 0) is 48.6 Å². The Labute approximate surface area is 204 Å². The fourth-order valence-electron chi connectivity index (χ4n) is 3.63. The highest BCUT2D eigenvalue weighted by molar-refractivity contribution is 7.98. The van der Waals surface area contributed by atoms with Crippen LogP contribution in [0.1, 0.15) is 24.1 Å². The second kappa shape index (κ2) is 9.95. The molecule has 1 atom stereocenters. The van der Waals surface area contributed by atoms with Gasteiger partial charge in [-0.2, -0.15) is 0 Å². The van der Waals surface area contributed by atoms with E-state index in [1.807, 2.05) is 48.7 Å². The number of esters is 1. The topological polar surface area (TPSA) is 60.7 Å². The predicted molar refractivity (Wildman–Crippen MR) is 135 cm³/mol. The van der Waals surface area contributed by atoms with Crippen molar-refractivity contribution in [2.45, 2.75) is 17.9 Å². The quantitative estimate of drug-likeness (QED) is 0.289. The molecule has 1 aliphatic rings. The third kappa shape index (κ3) is 4.62. The van der Waals surface area contributed by atoms with Crippen LogP contribution in [0.25, 0.3) is 6.08 Å². The van der Waals surface area contributed by atoms with Crippen LogP contribution in [0.3, 0.4) is 0 Å². The van der Waals surface area contributed by atoms with Gasteiger partial charge in [0, 0.05) is 9.92 Å². The molecule has 4 rings (SSSR count). The maximum Gasteiger partial charge on any atom is 0.338 e. The largest absolute Gasteiger partial charge is 0.458 e. The van der Waals surface area contributed by atoms with E-state index < -0.39 is 12.0 Å². The molecule has 5 nitrogen and oxygen atoms in total. The first-order chi connectivity index (χ1) is 15.9. The first kappa shape index (κ1) is 23.3. The van der Waals surface area contributed by atoms with Crippen molar-refractivity contribution in [3.05, 3.63) is 108 Å². The molecule has 33 heavy (non-hydrogen) atoms. The van der Waals surface area contributed by atoms with Gasteiger partial charge in [0.15, 0.2) is 4.80 Å². The summed E-state index contributed by atoms with van der Waals surface area (Å²) < 4.78 is 7.41. The summed E-state index contributed by atoms with van der Waals surface area (Å²) in [6, 6.07) is 14.5. The molecule has 1 unspecified atom stereocenters. The fourth-order valence-corrected chi connectivity index (χ4v) is 5.27. The van der Waals surface area contributed by atoms with Crippen molar-refractivity contribution < 1.29 is 9.53 Å². The maximum atomic E-state index is 13.6. The first-order valence-electron chi connectivity index (χ1n) is 10.1. The summed E-state index contributed by atoms with van der Waals surface area (Å²) in [5, 5.41) is 0.553. The SMILES string of the molecule is C=CCOC(=O)C1=C(C)N=c2sc(=Cc3ccccc3Cl)c(=O)n2C1c1ccc(SC)cc1. The monoisotopic (exact) mass is 496 g/mol. The lowest BCUT2D eigenvalue weighted by atomic mass is 9.96. The zero-order chi connectivity index (χ0) is 23.5. The van der Waals surface area contributed by atoms with Gasteiger partial charge in [0.05, 0.1) is 21.8 Å². The van der Waals surface area contributed by atoms with Crippen LogP contribution in [-0.4, -0.2) is 23.4 Å². The average molecular weight is 497 g/mol. The van der Waals surface area contributed by atoms with Crippen LogP contribution in [0.4, 0.5) is 0 Å². The number of halogens is 1. The van der Waals surface area contributed by atoms with E-state index in [2.05, 4.69) is 11.6 Å². The van der Waals surface area contributed by atoms with Crippen LogP contribution >= 0.6 is 34.7 Å². The van der Waals surface area contributed by atoms with Crippen molar-refractivity contribution in [2.24, 2.45) is 4.99 Å². The second-order valence-electron chi connectivity index (χ2n) is 7.26. The summed E-state index contributed by atoms with van der Waals surface area (Å²) in [5.74, 6) is -0.518. The lowest BCUT2D eigenvalue weighted by Crippen LogP contribution is -2.39. The molecular weight excluding hydrogens is 476 g/mol. The molecule has 0 radical (unpaired) electrons. The molecule has 0 saturated carbocycles. The van der Waals surface area contributed by atoms with Gasteiger partial charge in [-0.3, -0.25) is 9.36 Å². The highest BCUT2D eigenvalue weighted by Gasteiger charge is 2.33. The summed E-state index contributed by atoms with van der Waals surface area (Å²) in [4.78, 5) is 32.8. The van der Waals surface area contributed by atoms with E-state index in [-0.39, 0.29) is 12.2 Å². The molecule has 0 amide bonds. The van der Waals surface area contributed by atoms with Gasteiger partial charge < -0.3 is 4.74 Å². The standard InChI is InChI=1S/C25H21ClN2O3S2/c1-4-13-31-24(30)21-15(2)27-25-28(22(21)16-9-11-18(32-3)12-10-16)23(29)20(33-25)14-17-7-5-6-8-19(17)26/h4-12,14,22H,1,13H2,2-3H3. The molecule has 0 aliphatic carbocycles. The molecule has 0 N–H and O–H groups in total. The second-order valence-corrected chi connectivity index (χ2v) is 9.56. The molecular formula is C25H21ClN2O3S2. The Bertz CT molecular complexity index is 1440. The van der Waals surface area contributed by atoms with E-state index in [0.717, 1.165) is 16.0 Å².